The van der Waals surface area contributed by atoms with Crippen LogP contribution in [0.5, 0.6) is 5.75 Å². The first-order valence-electron chi connectivity index (χ1n) is 3.60. The van der Waals surface area contributed by atoms with Crippen molar-refractivity contribution in [3.8, 4) is 11.8 Å². The van der Waals surface area contributed by atoms with Crippen molar-refractivity contribution in [1.82, 2.24) is 0 Å². The number of hydrogen-bond acceptors (Lipinski definition) is 3. The molecule has 4 heteroatoms. The highest BCUT2D eigenvalue weighted by Gasteiger charge is 2.25. The zero-order valence-corrected chi connectivity index (χ0v) is 7.71. The molecule has 0 bridgehead atoms. The van der Waals surface area contributed by atoms with Crippen LogP contribution in [0.2, 0.25) is 5.02 Å². The molecular weight excluding hydrogens is 190 g/mol. The third-order valence-corrected chi connectivity index (χ3v) is 1.94. The Balaban J connectivity index is 3.30. The van der Waals surface area contributed by atoms with Gasteiger partial charge in [0.25, 0.3) is 0 Å². The highest BCUT2D eigenvalue weighted by atomic mass is 35.5. The van der Waals surface area contributed by atoms with Gasteiger partial charge in [-0.15, -0.1) is 0 Å². The first-order chi connectivity index (χ1) is 5.97. The molecule has 1 aromatic carbocycles. The van der Waals surface area contributed by atoms with Crippen LogP contribution in [0.1, 0.15) is 12.5 Å². The molecule has 0 saturated heterocycles. The number of hydrogen-bond donors (Lipinski definition) is 2. The van der Waals surface area contributed by atoms with Gasteiger partial charge in [0.05, 0.1) is 0 Å². The largest absolute Gasteiger partial charge is 0.508 e. The molecule has 0 aliphatic carbocycles. The quantitative estimate of drug-likeness (QED) is 0.675. The van der Waals surface area contributed by atoms with Crippen LogP contribution in [0, 0.1) is 11.3 Å². The molecule has 13 heavy (non-hydrogen) atoms. The summed E-state index contributed by atoms with van der Waals surface area (Å²) in [7, 11) is 0. The molecule has 3 nitrogen and oxygen atoms in total. The summed E-state index contributed by atoms with van der Waals surface area (Å²) in [6, 6.07) is 5.84. The van der Waals surface area contributed by atoms with Crippen molar-refractivity contribution >= 4 is 11.6 Å². The lowest BCUT2D eigenvalue weighted by Crippen LogP contribution is -2.18. The highest BCUT2D eigenvalue weighted by Crippen LogP contribution is 2.30. The van der Waals surface area contributed by atoms with Crippen molar-refractivity contribution in [3.05, 3.63) is 28.8 Å². The van der Waals surface area contributed by atoms with Gasteiger partial charge in [0, 0.05) is 10.6 Å². The molecule has 1 atom stereocenters. The van der Waals surface area contributed by atoms with Gasteiger partial charge in [-0.25, -0.2) is 0 Å². The topological polar surface area (TPSA) is 64.2 Å². The van der Waals surface area contributed by atoms with E-state index in [1.165, 1.54) is 25.1 Å². The summed E-state index contributed by atoms with van der Waals surface area (Å²) in [6.45, 7) is 1.29. The zero-order chi connectivity index (χ0) is 10.1. The van der Waals surface area contributed by atoms with E-state index in [9.17, 15) is 10.2 Å². The third-order valence-electron chi connectivity index (χ3n) is 1.70. The second kappa shape index (κ2) is 3.25. The fourth-order valence-corrected chi connectivity index (χ4v) is 1.13. The number of aromatic hydroxyl groups is 1. The van der Waals surface area contributed by atoms with E-state index in [2.05, 4.69) is 0 Å². The van der Waals surface area contributed by atoms with Gasteiger partial charge in [-0.1, -0.05) is 11.6 Å². The van der Waals surface area contributed by atoms with Gasteiger partial charge in [0.2, 0.25) is 0 Å². The summed E-state index contributed by atoms with van der Waals surface area (Å²) in [5.41, 5.74) is -1.60. The second-order valence-corrected chi connectivity index (χ2v) is 3.28. The van der Waals surface area contributed by atoms with E-state index in [1.54, 1.807) is 6.07 Å². The van der Waals surface area contributed by atoms with Crippen LogP contribution in [0.25, 0.3) is 0 Å². The molecule has 0 amide bonds. The Bertz CT molecular complexity index is 368. The van der Waals surface area contributed by atoms with Crippen molar-refractivity contribution in [2.75, 3.05) is 0 Å². The minimum atomic E-state index is -1.71. The van der Waals surface area contributed by atoms with E-state index < -0.39 is 5.60 Å². The Hall–Kier alpha value is -1.24. The molecule has 0 spiro atoms. The lowest BCUT2D eigenvalue weighted by atomic mass is 9.97. The normalized spacial score (nSPS) is 14.6. The summed E-state index contributed by atoms with van der Waals surface area (Å²) in [5.74, 6) is -0.143. The molecule has 0 aromatic heterocycles. The van der Waals surface area contributed by atoms with Gasteiger partial charge in [0.15, 0.2) is 5.60 Å². The summed E-state index contributed by atoms with van der Waals surface area (Å²) >= 11 is 5.65. The maximum absolute atomic E-state index is 9.52. The molecule has 0 aliphatic rings. The van der Waals surface area contributed by atoms with E-state index in [0.717, 1.165) is 0 Å². The molecule has 1 aromatic rings. The van der Waals surface area contributed by atoms with Crippen LogP contribution in [-0.4, -0.2) is 10.2 Å². The number of halogens is 1. The second-order valence-electron chi connectivity index (χ2n) is 2.85. The van der Waals surface area contributed by atoms with Crippen molar-refractivity contribution in [2.24, 2.45) is 0 Å². The molecule has 1 unspecified atom stereocenters. The van der Waals surface area contributed by atoms with Gasteiger partial charge in [-0.3, -0.25) is 0 Å². The van der Waals surface area contributed by atoms with E-state index >= 15 is 0 Å². The van der Waals surface area contributed by atoms with Crippen molar-refractivity contribution in [1.29, 1.82) is 5.26 Å². The number of benzene rings is 1. The first kappa shape index (κ1) is 9.85. The Labute approximate surface area is 80.8 Å². The zero-order valence-electron chi connectivity index (χ0n) is 6.95. The van der Waals surface area contributed by atoms with E-state index in [-0.39, 0.29) is 11.3 Å². The minimum absolute atomic E-state index is 0.113. The van der Waals surface area contributed by atoms with Crippen molar-refractivity contribution in [2.45, 2.75) is 12.5 Å². The van der Waals surface area contributed by atoms with Gasteiger partial charge in [0.1, 0.15) is 11.8 Å². The number of phenols is 1. The van der Waals surface area contributed by atoms with Gasteiger partial charge >= 0.3 is 0 Å². The van der Waals surface area contributed by atoms with Crippen LogP contribution in [0.3, 0.4) is 0 Å². The Kier molecular flexibility index (Phi) is 2.46. The lowest BCUT2D eigenvalue weighted by Gasteiger charge is -2.15. The van der Waals surface area contributed by atoms with Gasteiger partial charge < -0.3 is 10.2 Å². The fourth-order valence-electron chi connectivity index (χ4n) is 0.958. The summed E-state index contributed by atoms with van der Waals surface area (Å²) in [4.78, 5) is 0. The van der Waals surface area contributed by atoms with Crippen molar-refractivity contribution in [3.63, 3.8) is 0 Å². The number of phenolic OH excluding ortho intramolecular Hbond substituents is 1. The summed E-state index contributed by atoms with van der Waals surface area (Å²) in [5, 5.41) is 27.8. The monoisotopic (exact) mass is 197 g/mol. The Morgan fingerprint density at radius 3 is 2.69 bits per heavy atom. The average molecular weight is 198 g/mol. The van der Waals surface area contributed by atoms with E-state index in [0.29, 0.717) is 5.02 Å². The predicted octanol–water partition coefficient (Wildman–Crippen LogP) is 1.78. The molecule has 0 heterocycles. The van der Waals surface area contributed by atoms with Gasteiger partial charge in [-0.05, 0) is 25.1 Å². The smallest absolute Gasteiger partial charge is 0.177 e. The Morgan fingerprint density at radius 1 is 1.54 bits per heavy atom. The van der Waals surface area contributed by atoms with Crippen LogP contribution in [0.4, 0.5) is 0 Å². The fraction of sp³-hybridized carbons (Fsp3) is 0.222. The number of nitrogens with zero attached hydrogens (tertiary/aromatic N) is 1. The lowest BCUT2D eigenvalue weighted by molar-refractivity contribution is 0.116. The van der Waals surface area contributed by atoms with Crippen LogP contribution in [-0.2, 0) is 5.60 Å². The predicted molar refractivity (Wildman–Crippen MR) is 48.3 cm³/mol. The maximum Gasteiger partial charge on any atom is 0.177 e. The van der Waals surface area contributed by atoms with Crippen LogP contribution >= 0.6 is 11.6 Å². The van der Waals surface area contributed by atoms with Crippen molar-refractivity contribution < 1.29 is 10.2 Å². The first-order valence-corrected chi connectivity index (χ1v) is 3.98. The van der Waals surface area contributed by atoms with Gasteiger partial charge in [-0.2, -0.15) is 5.26 Å². The maximum atomic E-state index is 9.52. The van der Waals surface area contributed by atoms with Crippen LogP contribution in [0.15, 0.2) is 18.2 Å². The molecule has 0 aliphatic heterocycles. The molecular formula is C9H8ClNO2. The number of rotatable bonds is 1. The Morgan fingerprint density at radius 2 is 2.15 bits per heavy atom. The molecule has 0 fully saturated rings. The minimum Gasteiger partial charge on any atom is -0.508 e. The highest BCUT2D eigenvalue weighted by molar-refractivity contribution is 6.30. The molecule has 0 radical (unpaired) electrons. The standard InChI is InChI=1S/C9H8ClNO2/c1-9(13,5-11)7-4-6(10)2-3-8(7)12/h2-4,12-13H,1H3. The SMILES string of the molecule is CC(O)(C#N)c1cc(Cl)ccc1O. The molecule has 0 saturated carbocycles. The number of aliphatic hydroxyl groups is 1. The summed E-state index contributed by atoms with van der Waals surface area (Å²) in [6.07, 6.45) is 0. The third kappa shape index (κ3) is 1.92. The van der Waals surface area contributed by atoms with E-state index in [1.807, 2.05) is 0 Å². The van der Waals surface area contributed by atoms with Crippen LogP contribution < -0.4 is 0 Å². The summed E-state index contributed by atoms with van der Waals surface area (Å²) < 4.78 is 0. The number of nitriles is 1. The van der Waals surface area contributed by atoms with E-state index in [4.69, 9.17) is 16.9 Å². The molecule has 68 valence electrons. The molecule has 1 rings (SSSR count). The molecule has 2 N–H and O–H groups in total. The average Bonchev–Trinajstić information content (AvgIpc) is 2.09.